The Hall–Kier alpha value is -2.49. The van der Waals surface area contributed by atoms with Crippen LogP contribution < -0.4 is 9.84 Å². The maximum Gasteiger partial charge on any atom is 0.424 e. The molecule has 1 aromatic carbocycles. The van der Waals surface area contributed by atoms with Gasteiger partial charge in [0, 0.05) is 12.1 Å². The molecule has 1 heterocycles. The lowest BCUT2D eigenvalue weighted by molar-refractivity contribution is -0.295. The van der Waals surface area contributed by atoms with Gasteiger partial charge in [0.05, 0.1) is 19.3 Å². The van der Waals surface area contributed by atoms with Crippen molar-refractivity contribution in [1.82, 2.24) is 9.78 Å². The number of benzene rings is 1. The molecule has 164 valence electrons. The summed E-state index contributed by atoms with van der Waals surface area (Å²) < 4.78 is 52.0. The predicted molar refractivity (Wildman–Crippen MR) is 105 cm³/mol. The topological polar surface area (TPSA) is 76.4 Å². The molecule has 0 spiro atoms. The Labute approximate surface area is 180 Å². The van der Waals surface area contributed by atoms with Crippen molar-refractivity contribution in [3.05, 3.63) is 51.8 Å². The van der Waals surface area contributed by atoms with E-state index in [0.29, 0.717) is 5.56 Å². The molecule has 0 aliphatic rings. The number of ether oxygens (including phenoxy) is 2. The summed E-state index contributed by atoms with van der Waals surface area (Å²) in [5.41, 5.74) is -1.07. The third-order valence-electron chi connectivity index (χ3n) is 3.89. The molecule has 6 nitrogen and oxygen atoms in total. The fourth-order valence-corrected chi connectivity index (χ4v) is 3.31. The van der Waals surface area contributed by atoms with Gasteiger partial charge in [-0.05, 0) is 32.5 Å². The molecule has 0 bridgehead atoms. The van der Waals surface area contributed by atoms with Gasteiger partial charge in [-0.25, -0.2) is 0 Å². The van der Waals surface area contributed by atoms with Crippen LogP contribution in [-0.4, -0.2) is 22.9 Å². The summed E-state index contributed by atoms with van der Waals surface area (Å²) >= 11 is 2.98. The average Bonchev–Trinajstić information content (AvgIpc) is 2.92. The number of rotatable bonds is 7. The first-order valence-corrected chi connectivity index (χ1v) is 9.63. The van der Waals surface area contributed by atoms with Gasteiger partial charge in [-0.2, -0.15) is 13.2 Å². The number of carbonyl (C=O) groups excluding carboxylic acids is 1. The van der Waals surface area contributed by atoms with Crippen LogP contribution in [0.2, 0.25) is 0 Å². The van der Waals surface area contributed by atoms with Gasteiger partial charge >= 0.3 is 6.18 Å². The molecule has 0 N–H and O–H groups in total. The molecule has 0 atom stereocenters. The maximum atomic E-state index is 13.6. The smallest absolute Gasteiger partial charge is 0.424 e. The predicted octanol–water partition coefficient (Wildman–Crippen LogP) is 4.03. The Balaban J connectivity index is 2.42. The first-order chi connectivity index (χ1) is 13.8. The molecule has 30 heavy (non-hydrogen) atoms. The fraction of sp³-hybridized carbons (Fsp3) is 0.400. The van der Waals surface area contributed by atoms with Gasteiger partial charge < -0.3 is 19.4 Å². The van der Waals surface area contributed by atoms with Crippen LogP contribution in [0, 0.1) is 5.41 Å². The number of hydrogen-bond acceptors (Lipinski definition) is 5. The number of methoxy groups -OCH3 is 1. The summed E-state index contributed by atoms with van der Waals surface area (Å²) in [6, 6.07) is 6.22. The second-order valence-electron chi connectivity index (χ2n) is 7.69. The van der Waals surface area contributed by atoms with E-state index >= 15 is 0 Å². The minimum absolute atomic E-state index is 0.209. The Morgan fingerprint density at radius 3 is 2.43 bits per heavy atom. The van der Waals surface area contributed by atoms with E-state index in [1.54, 1.807) is 12.1 Å². The van der Waals surface area contributed by atoms with E-state index in [4.69, 9.17) is 9.47 Å². The zero-order valence-electron chi connectivity index (χ0n) is 16.8. The second kappa shape index (κ2) is 9.11. The first kappa shape index (κ1) is 23.8. The molecule has 0 aliphatic heterocycles. The fourth-order valence-electron chi connectivity index (χ4n) is 2.71. The van der Waals surface area contributed by atoms with Gasteiger partial charge in [0.15, 0.2) is 5.56 Å². The third-order valence-corrected chi connectivity index (χ3v) is 4.70. The van der Waals surface area contributed by atoms with Crippen LogP contribution in [-0.2, 0) is 28.9 Å². The maximum absolute atomic E-state index is 13.6. The van der Waals surface area contributed by atoms with E-state index in [1.807, 2.05) is 20.8 Å². The number of aromatic nitrogens is 2. The third kappa shape index (κ3) is 5.78. The number of hydrogen-bond donors (Lipinski definition) is 0. The summed E-state index contributed by atoms with van der Waals surface area (Å²) in [5.74, 6) is -2.09. The van der Waals surface area contributed by atoms with E-state index < -0.39 is 23.6 Å². The van der Waals surface area contributed by atoms with E-state index in [1.165, 1.54) is 23.9 Å². The Bertz CT molecular complexity index is 947. The highest BCUT2D eigenvalue weighted by molar-refractivity contribution is 9.10. The van der Waals surface area contributed by atoms with E-state index in [9.17, 15) is 23.1 Å². The Kier molecular flexibility index (Phi) is 7.23. The highest BCUT2D eigenvalue weighted by Crippen LogP contribution is 2.42. The van der Waals surface area contributed by atoms with Crippen LogP contribution in [0.15, 0.2) is 35.1 Å². The van der Waals surface area contributed by atoms with Gasteiger partial charge in [0.25, 0.3) is 0 Å². The zero-order chi connectivity index (χ0) is 22.7. The Morgan fingerprint density at radius 1 is 1.27 bits per heavy atom. The van der Waals surface area contributed by atoms with Crippen molar-refractivity contribution in [2.24, 2.45) is 5.41 Å². The molecule has 0 fully saturated rings. The van der Waals surface area contributed by atoms with Crippen LogP contribution in [0.3, 0.4) is 0 Å². The van der Waals surface area contributed by atoms with Crippen LogP contribution in [0.25, 0.3) is 5.57 Å². The number of aliphatic carboxylic acids is 1. The minimum atomic E-state index is -4.70. The molecule has 0 unspecified atom stereocenters. The monoisotopic (exact) mass is 489 g/mol. The lowest BCUT2D eigenvalue weighted by Crippen LogP contribution is -2.24. The molecule has 0 radical (unpaired) electrons. The van der Waals surface area contributed by atoms with Gasteiger partial charge in [-0.1, -0.05) is 45.0 Å². The quantitative estimate of drug-likeness (QED) is 0.433. The number of alkyl halides is 3. The minimum Gasteiger partial charge on any atom is -0.545 e. The van der Waals surface area contributed by atoms with Crippen molar-refractivity contribution in [2.75, 3.05) is 7.11 Å². The molecule has 0 aliphatic carbocycles. The lowest BCUT2D eigenvalue weighted by atomic mass is 9.97. The molecular formula is C20H21BrF3N2O4-. The van der Waals surface area contributed by atoms with E-state index in [0.717, 1.165) is 6.26 Å². The average molecular weight is 490 g/mol. The van der Waals surface area contributed by atoms with Crippen LogP contribution in [0.1, 0.15) is 37.5 Å². The molecule has 2 aromatic rings. The number of nitrogens with zero attached hydrogens (tertiary/aromatic N) is 2. The van der Waals surface area contributed by atoms with Crippen molar-refractivity contribution >= 4 is 27.5 Å². The molecule has 0 saturated heterocycles. The highest BCUT2D eigenvalue weighted by Gasteiger charge is 2.41. The van der Waals surface area contributed by atoms with Crippen LogP contribution >= 0.6 is 15.9 Å². The molecule has 10 heteroatoms. The van der Waals surface area contributed by atoms with E-state index in [2.05, 4.69) is 21.0 Å². The normalized spacial score (nSPS) is 12.7. The van der Waals surface area contributed by atoms with Crippen molar-refractivity contribution in [1.29, 1.82) is 0 Å². The van der Waals surface area contributed by atoms with Crippen molar-refractivity contribution in [2.45, 2.75) is 40.1 Å². The molecule has 1 aromatic heterocycles. The largest absolute Gasteiger partial charge is 0.545 e. The molecular weight excluding hydrogens is 469 g/mol. The number of carboxylic acids is 1. The first-order valence-electron chi connectivity index (χ1n) is 8.84. The zero-order valence-corrected chi connectivity index (χ0v) is 18.4. The van der Waals surface area contributed by atoms with Gasteiger partial charge in [-0.15, -0.1) is 5.10 Å². The number of halogens is 4. The van der Waals surface area contributed by atoms with Gasteiger partial charge in [0.2, 0.25) is 5.88 Å². The van der Waals surface area contributed by atoms with Crippen molar-refractivity contribution < 1.29 is 32.5 Å². The molecule has 2 rings (SSSR count). The highest BCUT2D eigenvalue weighted by atomic mass is 79.9. The number of carbonyl (C=O) groups is 1. The molecule has 0 saturated carbocycles. The standard InChI is InChI=1S/C20H22BrF3N2O4/c1-19(2,3)11-26-16(21)15(20(22,23)24)17(25-26)30-9-12-7-5-6-8-13(12)14(10-29-4)18(27)28/h5-8,10H,9,11H2,1-4H3,(H,27,28)/p-1/b14-10+. The summed E-state index contributed by atoms with van der Waals surface area (Å²) in [4.78, 5) is 11.4. The SMILES string of the molecule is CO/C=C(/C(=O)[O-])c1ccccc1COc1nn(CC(C)(C)C)c(Br)c1C(F)(F)F. The molecule has 0 amide bonds. The van der Waals surface area contributed by atoms with Crippen molar-refractivity contribution in [3.63, 3.8) is 0 Å². The van der Waals surface area contributed by atoms with Gasteiger partial charge in [-0.3, -0.25) is 4.68 Å². The second-order valence-corrected chi connectivity index (χ2v) is 8.44. The van der Waals surface area contributed by atoms with Crippen LogP contribution in [0.4, 0.5) is 13.2 Å². The summed E-state index contributed by atoms with van der Waals surface area (Å²) in [5, 5.41) is 15.4. The van der Waals surface area contributed by atoms with E-state index in [-0.39, 0.29) is 34.3 Å². The van der Waals surface area contributed by atoms with Gasteiger partial charge in [0.1, 0.15) is 11.2 Å². The van der Waals surface area contributed by atoms with Crippen molar-refractivity contribution in [3.8, 4) is 5.88 Å². The van der Waals surface area contributed by atoms with Crippen LogP contribution in [0.5, 0.6) is 5.88 Å². The summed E-state index contributed by atoms with van der Waals surface area (Å²) in [6.07, 6.45) is -3.71. The lowest BCUT2D eigenvalue weighted by Gasteiger charge is -2.18. The Morgan fingerprint density at radius 2 is 1.90 bits per heavy atom. The number of carboxylic acid groups (broad SMARTS) is 1. The summed E-state index contributed by atoms with van der Waals surface area (Å²) in [7, 11) is 1.27. The summed E-state index contributed by atoms with van der Waals surface area (Å²) in [6.45, 7) is 5.49.